The van der Waals surface area contributed by atoms with Crippen LogP contribution < -0.4 is 4.74 Å². The van der Waals surface area contributed by atoms with E-state index in [4.69, 9.17) is 9.47 Å². The summed E-state index contributed by atoms with van der Waals surface area (Å²) in [6.45, 7) is 3.30. The Kier molecular flexibility index (Phi) is 4.52. The quantitative estimate of drug-likeness (QED) is 0.776. The number of sulfone groups is 1. The second-order valence-electron chi connectivity index (χ2n) is 6.25. The third-order valence-corrected chi connectivity index (χ3v) is 7.62. The molecule has 132 valence electrons. The highest BCUT2D eigenvalue weighted by Gasteiger charge is 2.62. The van der Waals surface area contributed by atoms with Gasteiger partial charge in [0.05, 0.1) is 19.5 Å². The topological polar surface area (TPSA) is 85.8 Å². The first-order valence-corrected chi connectivity index (χ1v) is 9.68. The third kappa shape index (κ3) is 2.57. The zero-order valence-electron chi connectivity index (χ0n) is 13.9. The molecule has 1 spiro atoms. The molecule has 7 nitrogen and oxygen atoms in total. The second-order valence-corrected chi connectivity index (χ2v) is 8.70. The summed E-state index contributed by atoms with van der Waals surface area (Å²) in [6.07, 6.45) is 2.15. The van der Waals surface area contributed by atoms with Crippen LogP contribution in [0, 0.1) is 5.92 Å². The number of carbonyl (C=O) groups excluding carboxylic acids is 1. The molecule has 0 bridgehead atoms. The molecule has 3 rings (SSSR count). The second kappa shape index (κ2) is 6.33. The minimum Gasteiger partial charge on any atom is -0.480 e. The van der Waals surface area contributed by atoms with Crippen molar-refractivity contribution in [2.24, 2.45) is 5.92 Å². The molecule has 3 heterocycles. The molecule has 1 atom stereocenters. The Bertz CT molecular complexity index is 728. The Balaban J connectivity index is 1.78. The van der Waals surface area contributed by atoms with Gasteiger partial charge < -0.3 is 14.4 Å². The summed E-state index contributed by atoms with van der Waals surface area (Å²) >= 11 is 0. The van der Waals surface area contributed by atoms with Crippen molar-refractivity contribution in [2.75, 3.05) is 39.2 Å². The van der Waals surface area contributed by atoms with Crippen LogP contribution in [0.25, 0.3) is 0 Å². The average molecular weight is 354 g/mol. The number of hydrogen-bond acceptors (Lipinski definition) is 6. The lowest BCUT2D eigenvalue weighted by Crippen LogP contribution is -2.68. The fourth-order valence-corrected chi connectivity index (χ4v) is 6.00. The number of carbonyl (C=O) groups is 1. The molecule has 0 aromatic carbocycles. The lowest BCUT2D eigenvalue weighted by Gasteiger charge is -2.49. The van der Waals surface area contributed by atoms with Crippen LogP contribution >= 0.6 is 0 Å². The predicted molar refractivity (Wildman–Crippen MR) is 87.8 cm³/mol. The molecule has 2 saturated heterocycles. The van der Waals surface area contributed by atoms with E-state index in [2.05, 4.69) is 4.98 Å². The van der Waals surface area contributed by atoms with E-state index in [0.29, 0.717) is 25.2 Å². The van der Waals surface area contributed by atoms with Crippen LogP contribution in [0.4, 0.5) is 0 Å². The number of likely N-dealkylation sites (tertiary alicyclic amines) is 1. The first-order chi connectivity index (χ1) is 11.4. The zero-order chi connectivity index (χ0) is 17.4. The van der Waals surface area contributed by atoms with Gasteiger partial charge in [0.2, 0.25) is 5.88 Å². The molecule has 1 aromatic rings. The molecule has 1 aromatic heterocycles. The lowest BCUT2D eigenvalue weighted by atomic mass is 9.83. The SMILES string of the molecule is CCOCC1CCS(=O)(=O)C12CN(C(=O)c1cccnc1OC)C2. The molecule has 2 fully saturated rings. The van der Waals surface area contributed by atoms with Crippen molar-refractivity contribution in [1.82, 2.24) is 9.88 Å². The number of aromatic nitrogens is 1. The molecule has 2 aliphatic heterocycles. The van der Waals surface area contributed by atoms with Crippen molar-refractivity contribution in [3.8, 4) is 5.88 Å². The largest absolute Gasteiger partial charge is 0.480 e. The van der Waals surface area contributed by atoms with E-state index in [9.17, 15) is 13.2 Å². The van der Waals surface area contributed by atoms with Gasteiger partial charge in [-0.1, -0.05) is 0 Å². The molecule has 0 saturated carbocycles. The molecular formula is C16H22N2O5S. The standard InChI is InChI=1S/C16H22N2O5S/c1-3-23-9-12-6-8-24(20,21)16(12)10-18(11-16)15(19)13-5-4-7-17-14(13)22-2/h4-5,7,12H,3,6,8-11H2,1-2H3. The molecular weight excluding hydrogens is 332 g/mol. The van der Waals surface area contributed by atoms with Crippen LogP contribution in [-0.2, 0) is 14.6 Å². The summed E-state index contributed by atoms with van der Waals surface area (Å²) in [6, 6.07) is 3.30. The number of ether oxygens (including phenoxy) is 2. The number of hydrogen-bond donors (Lipinski definition) is 0. The minimum atomic E-state index is -3.21. The van der Waals surface area contributed by atoms with Crippen LogP contribution in [0.1, 0.15) is 23.7 Å². The minimum absolute atomic E-state index is 0.0534. The van der Waals surface area contributed by atoms with E-state index in [1.54, 1.807) is 23.2 Å². The molecule has 2 aliphatic rings. The smallest absolute Gasteiger partial charge is 0.259 e. The van der Waals surface area contributed by atoms with E-state index in [-0.39, 0.29) is 36.5 Å². The monoisotopic (exact) mass is 354 g/mol. The number of methoxy groups -OCH3 is 1. The third-order valence-electron chi connectivity index (χ3n) is 5.02. The first-order valence-electron chi connectivity index (χ1n) is 8.03. The van der Waals surface area contributed by atoms with Gasteiger partial charge in [-0.2, -0.15) is 0 Å². The maximum Gasteiger partial charge on any atom is 0.259 e. The molecule has 1 unspecified atom stereocenters. The van der Waals surface area contributed by atoms with Gasteiger partial charge in [-0.05, 0) is 25.5 Å². The first kappa shape index (κ1) is 17.2. The van der Waals surface area contributed by atoms with Crippen LogP contribution in [0.3, 0.4) is 0 Å². The highest BCUT2D eigenvalue weighted by atomic mass is 32.2. The van der Waals surface area contributed by atoms with Crippen molar-refractivity contribution in [3.63, 3.8) is 0 Å². The Morgan fingerprint density at radius 3 is 2.88 bits per heavy atom. The molecule has 8 heteroatoms. The lowest BCUT2D eigenvalue weighted by molar-refractivity contribution is 0.0268. The summed E-state index contributed by atoms with van der Waals surface area (Å²) in [4.78, 5) is 18.2. The maximum absolute atomic E-state index is 12.7. The van der Waals surface area contributed by atoms with E-state index >= 15 is 0 Å². The van der Waals surface area contributed by atoms with E-state index < -0.39 is 14.6 Å². The Morgan fingerprint density at radius 1 is 1.46 bits per heavy atom. The summed E-state index contributed by atoms with van der Waals surface area (Å²) < 4.78 is 34.8. The highest BCUT2D eigenvalue weighted by Crippen LogP contribution is 2.45. The fraction of sp³-hybridized carbons (Fsp3) is 0.625. The van der Waals surface area contributed by atoms with E-state index in [1.165, 1.54) is 7.11 Å². The number of amides is 1. The zero-order valence-corrected chi connectivity index (χ0v) is 14.7. The summed E-state index contributed by atoms with van der Waals surface area (Å²) in [5, 5.41) is 0. The van der Waals surface area contributed by atoms with Gasteiger partial charge in [0.25, 0.3) is 5.91 Å². The number of pyridine rings is 1. The van der Waals surface area contributed by atoms with E-state index in [1.807, 2.05) is 6.92 Å². The summed E-state index contributed by atoms with van der Waals surface area (Å²) in [7, 11) is -1.76. The Labute approximate surface area is 141 Å². The highest BCUT2D eigenvalue weighted by molar-refractivity contribution is 7.93. The molecule has 24 heavy (non-hydrogen) atoms. The van der Waals surface area contributed by atoms with Gasteiger partial charge in [0.1, 0.15) is 10.3 Å². The van der Waals surface area contributed by atoms with Crippen LogP contribution in [-0.4, -0.2) is 68.1 Å². The van der Waals surface area contributed by atoms with Crippen molar-refractivity contribution >= 4 is 15.7 Å². The van der Waals surface area contributed by atoms with Crippen LogP contribution in [0.2, 0.25) is 0 Å². The molecule has 0 aliphatic carbocycles. The van der Waals surface area contributed by atoms with Crippen LogP contribution in [0.5, 0.6) is 5.88 Å². The molecule has 0 radical (unpaired) electrons. The van der Waals surface area contributed by atoms with Crippen molar-refractivity contribution in [2.45, 2.75) is 18.1 Å². The van der Waals surface area contributed by atoms with Crippen molar-refractivity contribution in [3.05, 3.63) is 23.9 Å². The molecule has 1 amide bonds. The number of rotatable bonds is 5. The van der Waals surface area contributed by atoms with Crippen LogP contribution in [0.15, 0.2) is 18.3 Å². The van der Waals surface area contributed by atoms with Gasteiger partial charge in [0.15, 0.2) is 9.84 Å². The normalized spacial score (nSPS) is 23.9. The van der Waals surface area contributed by atoms with Gasteiger partial charge in [-0.25, -0.2) is 13.4 Å². The Hall–Kier alpha value is -1.67. The van der Waals surface area contributed by atoms with E-state index in [0.717, 1.165) is 0 Å². The van der Waals surface area contributed by atoms with Gasteiger partial charge in [-0.3, -0.25) is 4.79 Å². The Morgan fingerprint density at radius 2 is 2.21 bits per heavy atom. The van der Waals surface area contributed by atoms with Gasteiger partial charge >= 0.3 is 0 Å². The van der Waals surface area contributed by atoms with Gasteiger partial charge in [-0.15, -0.1) is 0 Å². The fourth-order valence-electron chi connectivity index (χ4n) is 3.60. The van der Waals surface area contributed by atoms with Gasteiger partial charge in [0, 0.05) is 31.8 Å². The average Bonchev–Trinajstić information content (AvgIpc) is 2.81. The number of nitrogens with zero attached hydrogens (tertiary/aromatic N) is 2. The molecule has 0 N–H and O–H groups in total. The summed E-state index contributed by atoms with van der Waals surface area (Å²) in [5.41, 5.74) is 0.353. The van der Waals surface area contributed by atoms with Crippen molar-refractivity contribution < 1.29 is 22.7 Å². The summed E-state index contributed by atoms with van der Waals surface area (Å²) in [5.74, 6) is 0.122. The van der Waals surface area contributed by atoms with Crippen molar-refractivity contribution in [1.29, 1.82) is 0 Å². The predicted octanol–water partition coefficient (Wildman–Crippen LogP) is 0.756. The maximum atomic E-state index is 12.7.